The van der Waals surface area contributed by atoms with E-state index in [0.717, 1.165) is 29.7 Å². The zero-order valence-corrected chi connectivity index (χ0v) is 13.6. The van der Waals surface area contributed by atoms with Gasteiger partial charge in [-0.05, 0) is 35.4 Å². The molecule has 5 heteroatoms. The third-order valence-electron chi connectivity index (χ3n) is 4.04. The highest BCUT2D eigenvalue weighted by atomic mass is 16.5. The van der Waals surface area contributed by atoms with Crippen molar-refractivity contribution in [2.75, 3.05) is 6.61 Å². The SMILES string of the molecule is CCCCOc1ccc(Cn2c(O)c(N=O)c3ccccc32)cc1. The molecule has 3 rings (SSSR count). The standard InChI is InChI=1S/C19H20N2O3/c1-2-3-12-24-15-10-8-14(9-11-15)13-21-17-7-5-4-6-16(17)18(20-23)19(21)22/h4-11,22H,2-3,12-13H2,1H3. The number of hydrogen-bond acceptors (Lipinski definition) is 4. The number of nitrogens with zero attached hydrogens (tertiary/aromatic N) is 2. The average Bonchev–Trinajstić information content (AvgIpc) is 2.88. The summed E-state index contributed by atoms with van der Waals surface area (Å²) in [5.74, 6) is 0.735. The molecule has 5 nitrogen and oxygen atoms in total. The number of benzene rings is 2. The van der Waals surface area contributed by atoms with Crippen LogP contribution in [0.2, 0.25) is 0 Å². The van der Waals surface area contributed by atoms with E-state index in [0.29, 0.717) is 18.5 Å². The predicted octanol–water partition coefficient (Wildman–Crippen LogP) is 4.97. The number of nitroso groups, excluding NO2 is 1. The van der Waals surface area contributed by atoms with Gasteiger partial charge < -0.3 is 14.4 Å². The van der Waals surface area contributed by atoms with Crippen molar-refractivity contribution in [2.24, 2.45) is 5.18 Å². The molecule has 0 spiro atoms. The van der Waals surface area contributed by atoms with Crippen molar-refractivity contribution in [3.05, 3.63) is 59.0 Å². The fourth-order valence-electron chi connectivity index (χ4n) is 2.73. The summed E-state index contributed by atoms with van der Waals surface area (Å²) >= 11 is 0. The van der Waals surface area contributed by atoms with Crippen LogP contribution in [0.15, 0.2) is 53.7 Å². The summed E-state index contributed by atoms with van der Waals surface area (Å²) in [4.78, 5) is 11.0. The summed E-state index contributed by atoms with van der Waals surface area (Å²) in [6, 6.07) is 15.1. The number of rotatable bonds is 7. The predicted molar refractivity (Wildman–Crippen MR) is 95.0 cm³/mol. The molecule has 1 heterocycles. The minimum absolute atomic E-state index is 0.0881. The summed E-state index contributed by atoms with van der Waals surface area (Å²) in [6.45, 7) is 3.30. The molecule has 0 saturated carbocycles. The quantitative estimate of drug-likeness (QED) is 0.493. The lowest BCUT2D eigenvalue weighted by atomic mass is 10.2. The van der Waals surface area contributed by atoms with Crippen LogP contribution in [0.3, 0.4) is 0 Å². The van der Waals surface area contributed by atoms with E-state index in [9.17, 15) is 10.0 Å². The van der Waals surface area contributed by atoms with Crippen molar-refractivity contribution in [3.63, 3.8) is 0 Å². The molecule has 0 saturated heterocycles. The molecule has 0 aliphatic heterocycles. The molecule has 24 heavy (non-hydrogen) atoms. The minimum atomic E-state index is -0.102. The van der Waals surface area contributed by atoms with E-state index in [4.69, 9.17) is 4.74 Å². The van der Waals surface area contributed by atoms with Gasteiger partial charge in [-0.2, -0.15) is 0 Å². The first kappa shape index (κ1) is 16.1. The van der Waals surface area contributed by atoms with Gasteiger partial charge in [-0.25, -0.2) is 0 Å². The van der Waals surface area contributed by atoms with E-state index < -0.39 is 0 Å². The highest BCUT2D eigenvalue weighted by molar-refractivity contribution is 5.95. The normalized spacial score (nSPS) is 10.9. The van der Waals surface area contributed by atoms with E-state index in [1.165, 1.54) is 0 Å². The van der Waals surface area contributed by atoms with E-state index in [-0.39, 0.29) is 11.6 Å². The first-order chi connectivity index (χ1) is 11.7. The molecular formula is C19H20N2O3. The summed E-state index contributed by atoms with van der Waals surface area (Å²) in [7, 11) is 0. The Morgan fingerprint density at radius 2 is 1.88 bits per heavy atom. The van der Waals surface area contributed by atoms with Gasteiger partial charge in [-0.15, -0.1) is 4.91 Å². The number of aromatic nitrogens is 1. The zero-order chi connectivity index (χ0) is 16.9. The van der Waals surface area contributed by atoms with E-state index in [1.54, 1.807) is 10.6 Å². The van der Waals surface area contributed by atoms with Gasteiger partial charge in [-0.3, -0.25) is 0 Å². The maximum Gasteiger partial charge on any atom is 0.222 e. The summed E-state index contributed by atoms with van der Waals surface area (Å²) in [5, 5.41) is 13.9. The number of fused-ring (bicyclic) bond motifs is 1. The highest BCUT2D eigenvalue weighted by Crippen LogP contribution is 2.38. The Balaban J connectivity index is 1.85. The molecule has 1 aromatic heterocycles. The summed E-state index contributed by atoms with van der Waals surface area (Å²) < 4.78 is 7.35. The van der Waals surface area contributed by atoms with Crippen molar-refractivity contribution >= 4 is 16.6 Å². The molecule has 0 aliphatic rings. The molecule has 0 aliphatic carbocycles. The van der Waals surface area contributed by atoms with Crippen LogP contribution in [0.1, 0.15) is 25.3 Å². The van der Waals surface area contributed by atoms with Crippen molar-refractivity contribution in [2.45, 2.75) is 26.3 Å². The van der Waals surface area contributed by atoms with Crippen molar-refractivity contribution in [1.82, 2.24) is 4.57 Å². The van der Waals surface area contributed by atoms with Crippen LogP contribution in [0.5, 0.6) is 11.6 Å². The monoisotopic (exact) mass is 324 g/mol. The Morgan fingerprint density at radius 3 is 2.58 bits per heavy atom. The average molecular weight is 324 g/mol. The van der Waals surface area contributed by atoms with Crippen LogP contribution >= 0.6 is 0 Å². The van der Waals surface area contributed by atoms with Crippen molar-refractivity contribution in [1.29, 1.82) is 0 Å². The van der Waals surface area contributed by atoms with Gasteiger partial charge in [0.05, 0.1) is 18.7 Å². The second-order valence-corrected chi connectivity index (χ2v) is 5.71. The Bertz CT molecular complexity index is 838. The van der Waals surface area contributed by atoms with Crippen LogP contribution in [-0.2, 0) is 6.54 Å². The zero-order valence-electron chi connectivity index (χ0n) is 13.6. The van der Waals surface area contributed by atoms with Gasteiger partial charge in [0.15, 0.2) is 5.69 Å². The number of hydrogen-bond donors (Lipinski definition) is 1. The Morgan fingerprint density at radius 1 is 1.12 bits per heavy atom. The number of aromatic hydroxyl groups is 1. The molecule has 0 bridgehead atoms. The molecule has 1 N–H and O–H groups in total. The molecule has 0 unspecified atom stereocenters. The van der Waals surface area contributed by atoms with Gasteiger partial charge in [0.2, 0.25) is 5.88 Å². The molecule has 0 fully saturated rings. The third kappa shape index (κ3) is 3.11. The van der Waals surface area contributed by atoms with Crippen LogP contribution in [0.25, 0.3) is 10.9 Å². The molecule has 124 valence electrons. The van der Waals surface area contributed by atoms with E-state index in [1.807, 2.05) is 42.5 Å². The molecule has 3 aromatic rings. The van der Waals surface area contributed by atoms with Crippen LogP contribution < -0.4 is 4.74 Å². The fourth-order valence-corrected chi connectivity index (χ4v) is 2.73. The molecular weight excluding hydrogens is 304 g/mol. The van der Waals surface area contributed by atoms with Crippen molar-refractivity contribution < 1.29 is 9.84 Å². The second kappa shape index (κ2) is 7.17. The topological polar surface area (TPSA) is 63.8 Å². The first-order valence-electron chi connectivity index (χ1n) is 8.10. The van der Waals surface area contributed by atoms with Gasteiger partial charge in [0, 0.05) is 5.39 Å². The molecule has 0 amide bonds. The second-order valence-electron chi connectivity index (χ2n) is 5.71. The summed E-state index contributed by atoms with van der Waals surface area (Å²) in [5.41, 5.74) is 1.88. The third-order valence-corrected chi connectivity index (χ3v) is 4.04. The molecule has 0 atom stereocenters. The molecule has 2 aromatic carbocycles. The first-order valence-corrected chi connectivity index (χ1v) is 8.10. The van der Waals surface area contributed by atoms with Crippen LogP contribution in [0.4, 0.5) is 5.69 Å². The van der Waals surface area contributed by atoms with Gasteiger partial charge in [-0.1, -0.05) is 43.7 Å². The van der Waals surface area contributed by atoms with Crippen LogP contribution in [-0.4, -0.2) is 16.3 Å². The lowest BCUT2D eigenvalue weighted by Crippen LogP contribution is -2.00. The number of unbranched alkanes of at least 4 members (excludes halogenated alkanes) is 1. The van der Waals surface area contributed by atoms with E-state index >= 15 is 0 Å². The van der Waals surface area contributed by atoms with Gasteiger partial charge in [0.25, 0.3) is 0 Å². The van der Waals surface area contributed by atoms with E-state index in [2.05, 4.69) is 12.1 Å². The highest BCUT2D eigenvalue weighted by Gasteiger charge is 2.17. The lowest BCUT2D eigenvalue weighted by molar-refractivity contribution is 0.309. The smallest absolute Gasteiger partial charge is 0.222 e. The Kier molecular flexibility index (Phi) is 4.79. The maximum absolute atomic E-state index is 11.0. The number of ether oxygens (including phenoxy) is 1. The van der Waals surface area contributed by atoms with Gasteiger partial charge in [0.1, 0.15) is 5.75 Å². The fraction of sp³-hybridized carbons (Fsp3) is 0.263. The molecule has 0 radical (unpaired) electrons. The Labute approximate surface area is 140 Å². The summed E-state index contributed by atoms with van der Waals surface area (Å²) in [6.07, 6.45) is 2.14. The minimum Gasteiger partial charge on any atom is -0.494 e. The Hall–Kier alpha value is -2.82. The number of para-hydroxylation sites is 1. The van der Waals surface area contributed by atoms with Gasteiger partial charge >= 0.3 is 0 Å². The lowest BCUT2D eigenvalue weighted by Gasteiger charge is -2.09. The maximum atomic E-state index is 11.0. The largest absolute Gasteiger partial charge is 0.494 e. The van der Waals surface area contributed by atoms with Crippen molar-refractivity contribution in [3.8, 4) is 11.6 Å². The van der Waals surface area contributed by atoms with Crippen LogP contribution in [0, 0.1) is 4.91 Å².